The van der Waals surface area contributed by atoms with Crippen molar-refractivity contribution in [2.45, 2.75) is 39.7 Å². The summed E-state index contributed by atoms with van der Waals surface area (Å²) in [4.78, 5) is 22.8. The summed E-state index contributed by atoms with van der Waals surface area (Å²) in [6.07, 6.45) is 0.302. The van der Waals surface area contributed by atoms with E-state index in [4.69, 9.17) is 5.11 Å². The van der Waals surface area contributed by atoms with Crippen LogP contribution in [0.1, 0.15) is 43.9 Å². The van der Waals surface area contributed by atoms with E-state index < -0.39 is 12.0 Å². The van der Waals surface area contributed by atoms with E-state index in [1.165, 1.54) is 0 Å². The first-order chi connectivity index (χ1) is 8.90. The lowest BCUT2D eigenvalue weighted by Crippen LogP contribution is -2.31. The Kier molecular flexibility index (Phi) is 5.55. The highest BCUT2D eigenvalue weighted by atomic mass is 16.4. The summed E-state index contributed by atoms with van der Waals surface area (Å²) in [6.45, 7) is 5.83. The van der Waals surface area contributed by atoms with E-state index in [2.05, 4.69) is 5.32 Å². The largest absolute Gasteiger partial charge is 0.481 e. The Balaban J connectivity index is 2.86. The standard InChI is InChI=1S/C15H21NO3/c1-10(2)8-14(17)16-13(9-15(18)19)12-7-5-4-6-11(12)3/h4-7,10,13H,8-9H2,1-3H3,(H,16,17)(H,18,19). The van der Waals surface area contributed by atoms with Gasteiger partial charge < -0.3 is 10.4 Å². The summed E-state index contributed by atoms with van der Waals surface area (Å²) >= 11 is 0. The molecule has 19 heavy (non-hydrogen) atoms. The summed E-state index contributed by atoms with van der Waals surface area (Å²) in [5.41, 5.74) is 1.85. The molecule has 2 N–H and O–H groups in total. The van der Waals surface area contributed by atoms with Crippen molar-refractivity contribution in [1.29, 1.82) is 0 Å². The first-order valence-electron chi connectivity index (χ1n) is 6.46. The smallest absolute Gasteiger partial charge is 0.305 e. The normalized spacial score (nSPS) is 12.2. The quantitative estimate of drug-likeness (QED) is 0.829. The fourth-order valence-electron chi connectivity index (χ4n) is 2.02. The molecule has 1 atom stereocenters. The van der Waals surface area contributed by atoms with Crippen molar-refractivity contribution in [3.05, 3.63) is 35.4 Å². The number of carboxylic acid groups (broad SMARTS) is 1. The number of hydrogen-bond donors (Lipinski definition) is 2. The number of aliphatic carboxylic acids is 1. The van der Waals surface area contributed by atoms with E-state index >= 15 is 0 Å². The van der Waals surface area contributed by atoms with Crippen LogP contribution >= 0.6 is 0 Å². The first-order valence-corrected chi connectivity index (χ1v) is 6.46. The van der Waals surface area contributed by atoms with Gasteiger partial charge in [0.2, 0.25) is 5.91 Å². The van der Waals surface area contributed by atoms with Crippen LogP contribution in [0.2, 0.25) is 0 Å². The van der Waals surface area contributed by atoms with Crippen LogP contribution in [-0.2, 0) is 9.59 Å². The molecule has 1 unspecified atom stereocenters. The maximum atomic E-state index is 11.8. The molecule has 0 saturated carbocycles. The molecule has 0 fully saturated rings. The second kappa shape index (κ2) is 6.92. The van der Waals surface area contributed by atoms with Crippen LogP contribution in [0.3, 0.4) is 0 Å². The molecule has 0 heterocycles. The van der Waals surface area contributed by atoms with Crippen LogP contribution in [0.25, 0.3) is 0 Å². The molecule has 4 nitrogen and oxygen atoms in total. The fourth-order valence-corrected chi connectivity index (χ4v) is 2.02. The monoisotopic (exact) mass is 263 g/mol. The van der Waals surface area contributed by atoms with Crippen molar-refractivity contribution in [3.63, 3.8) is 0 Å². The first kappa shape index (κ1) is 15.2. The van der Waals surface area contributed by atoms with Crippen molar-refractivity contribution < 1.29 is 14.7 Å². The summed E-state index contributed by atoms with van der Waals surface area (Å²) in [6, 6.07) is 7.06. The maximum Gasteiger partial charge on any atom is 0.305 e. The van der Waals surface area contributed by atoms with Crippen LogP contribution in [0.15, 0.2) is 24.3 Å². The van der Waals surface area contributed by atoms with Gasteiger partial charge in [-0.3, -0.25) is 9.59 Å². The summed E-state index contributed by atoms with van der Waals surface area (Å²) in [5.74, 6) is -0.773. The molecule has 1 aromatic rings. The Hall–Kier alpha value is -1.84. The van der Waals surface area contributed by atoms with Gasteiger partial charge in [0.15, 0.2) is 0 Å². The third kappa shape index (κ3) is 5.12. The molecule has 4 heteroatoms. The van der Waals surface area contributed by atoms with E-state index in [1.54, 1.807) is 0 Å². The molecule has 1 amide bonds. The number of rotatable bonds is 6. The van der Waals surface area contributed by atoms with Crippen molar-refractivity contribution in [1.82, 2.24) is 5.32 Å². The predicted octanol–water partition coefficient (Wildman–Crippen LogP) is 2.67. The van der Waals surface area contributed by atoms with E-state index in [0.717, 1.165) is 11.1 Å². The Morgan fingerprint density at radius 3 is 2.37 bits per heavy atom. The topological polar surface area (TPSA) is 66.4 Å². The molecular formula is C15H21NO3. The second-order valence-corrected chi connectivity index (χ2v) is 5.17. The second-order valence-electron chi connectivity index (χ2n) is 5.17. The number of carbonyl (C=O) groups is 2. The van der Waals surface area contributed by atoms with Crippen LogP contribution in [0, 0.1) is 12.8 Å². The van der Waals surface area contributed by atoms with E-state index in [-0.39, 0.29) is 18.2 Å². The van der Waals surface area contributed by atoms with Gasteiger partial charge in [-0.1, -0.05) is 38.1 Å². The number of amides is 1. The van der Waals surface area contributed by atoms with Gasteiger partial charge in [-0.05, 0) is 24.0 Å². The van der Waals surface area contributed by atoms with Crippen LogP contribution in [-0.4, -0.2) is 17.0 Å². The summed E-state index contributed by atoms with van der Waals surface area (Å²) in [5, 5.41) is 11.8. The van der Waals surface area contributed by atoms with Gasteiger partial charge in [-0.2, -0.15) is 0 Å². The van der Waals surface area contributed by atoms with E-state index in [0.29, 0.717) is 6.42 Å². The summed E-state index contributed by atoms with van der Waals surface area (Å²) in [7, 11) is 0. The predicted molar refractivity (Wildman–Crippen MR) is 73.8 cm³/mol. The zero-order valence-electron chi connectivity index (χ0n) is 11.6. The van der Waals surface area contributed by atoms with Crippen molar-refractivity contribution >= 4 is 11.9 Å². The van der Waals surface area contributed by atoms with Crippen LogP contribution < -0.4 is 5.32 Å². The Morgan fingerprint density at radius 1 is 1.21 bits per heavy atom. The molecule has 0 aliphatic rings. The Bertz CT molecular complexity index is 454. The van der Waals surface area contributed by atoms with Gasteiger partial charge in [0.25, 0.3) is 0 Å². The number of benzene rings is 1. The Morgan fingerprint density at radius 2 is 1.84 bits per heavy atom. The Labute approximate surface area is 113 Å². The molecule has 0 aliphatic heterocycles. The molecule has 0 aliphatic carbocycles. The molecule has 0 saturated heterocycles. The van der Waals surface area contributed by atoms with Crippen LogP contribution in [0.5, 0.6) is 0 Å². The molecular weight excluding hydrogens is 242 g/mol. The highest BCUT2D eigenvalue weighted by Crippen LogP contribution is 2.21. The molecule has 0 aromatic heterocycles. The van der Waals surface area contributed by atoms with Gasteiger partial charge >= 0.3 is 5.97 Å². The van der Waals surface area contributed by atoms with Crippen LogP contribution in [0.4, 0.5) is 0 Å². The molecule has 1 rings (SSSR count). The van der Waals surface area contributed by atoms with E-state index in [9.17, 15) is 9.59 Å². The van der Waals surface area contributed by atoms with Crippen molar-refractivity contribution in [3.8, 4) is 0 Å². The minimum Gasteiger partial charge on any atom is -0.481 e. The number of carboxylic acids is 1. The van der Waals surface area contributed by atoms with Gasteiger partial charge in [-0.15, -0.1) is 0 Å². The minimum absolute atomic E-state index is 0.102. The van der Waals surface area contributed by atoms with Gasteiger partial charge in [0.05, 0.1) is 12.5 Å². The van der Waals surface area contributed by atoms with Gasteiger partial charge in [0.1, 0.15) is 0 Å². The lowest BCUT2D eigenvalue weighted by molar-refractivity contribution is -0.137. The number of hydrogen-bond acceptors (Lipinski definition) is 2. The van der Waals surface area contributed by atoms with Gasteiger partial charge in [-0.25, -0.2) is 0 Å². The van der Waals surface area contributed by atoms with E-state index in [1.807, 2.05) is 45.0 Å². The molecule has 104 valence electrons. The number of aryl methyl sites for hydroxylation is 1. The highest BCUT2D eigenvalue weighted by Gasteiger charge is 2.19. The zero-order valence-corrected chi connectivity index (χ0v) is 11.6. The average molecular weight is 263 g/mol. The third-order valence-corrected chi connectivity index (χ3v) is 2.87. The van der Waals surface area contributed by atoms with Gasteiger partial charge in [0, 0.05) is 6.42 Å². The third-order valence-electron chi connectivity index (χ3n) is 2.87. The minimum atomic E-state index is -0.918. The van der Waals surface area contributed by atoms with Crippen molar-refractivity contribution in [2.24, 2.45) is 5.92 Å². The number of nitrogens with one attached hydrogen (secondary N) is 1. The SMILES string of the molecule is Cc1ccccc1C(CC(=O)O)NC(=O)CC(C)C. The molecule has 0 spiro atoms. The summed E-state index contributed by atoms with van der Waals surface area (Å²) < 4.78 is 0. The molecule has 0 bridgehead atoms. The highest BCUT2D eigenvalue weighted by molar-refractivity contribution is 5.78. The lowest BCUT2D eigenvalue weighted by Gasteiger charge is -2.20. The zero-order chi connectivity index (χ0) is 14.4. The fraction of sp³-hybridized carbons (Fsp3) is 0.467. The van der Waals surface area contributed by atoms with Crippen molar-refractivity contribution in [2.75, 3.05) is 0 Å². The average Bonchev–Trinajstić information content (AvgIpc) is 2.26. The maximum absolute atomic E-state index is 11.8. The molecule has 0 radical (unpaired) electrons. The lowest BCUT2D eigenvalue weighted by atomic mass is 9.98. The number of carbonyl (C=O) groups excluding carboxylic acids is 1. The molecule has 1 aromatic carbocycles.